The van der Waals surface area contributed by atoms with Crippen molar-refractivity contribution in [2.75, 3.05) is 11.5 Å². The molecule has 0 spiro atoms. The zero-order chi connectivity index (χ0) is 21.6. The van der Waals surface area contributed by atoms with Crippen molar-refractivity contribution in [3.05, 3.63) is 50.7 Å². The molecular weight excluding hydrogens is 406 g/mol. The van der Waals surface area contributed by atoms with E-state index in [1.807, 2.05) is 42.5 Å². The minimum Gasteiger partial charge on any atom is -0.384 e. The number of ketones is 1. The molecule has 0 saturated heterocycles. The summed E-state index contributed by atoms with van der Waals surface area (Å²) in [5.41, 5.74) is 6.35. The highest BCUT2D eigenvalue weighted by molar-refractivity contribution is 7.99. The highest BCUT2D eigenvalue weighted by Gasteiger charge is 2.23. The zero-order valence-corrected chi connectivity index (χ0v) is 17.6. The highest BCUT2D eigenvalue weighted by atomic mass is 32.2. The van der Waals surface area contributed by atoms with Crippen LogP contribution in [0, 0.1) is 5.92 Å². The van der Waals surface area contributed by atoms with E-state index in [2.05, 4.69) is 15.2 Å². The Kier molecular flexibility index (Phi) is 4.98. The van der Waals surface area contributed by atoms with Crippen molar-refractivity contribution < 1.29 is 4.79 Å². The number of hydrogen-bond acceptors (Lipinski definition) is 7. The maximum Gasteiger partial charge on any atom is 0.332 e. The van der Waals surface area contributed by atoms with Gasteiger partial charge < -0.3 is 5.73 Å². The number of hydrogen-bond donors (Lipinski definition) is 2. The Hall–Kier alpha value is -3.34. The molecule has 0 saturated carbocycles. The summed E-state index contributed by atoms with van der Waals surface area (Å²) in [5.74, 6) is 0.0591. The maximum atomic E-state index is 12.9. The number of benzene rings is 1. The van der Waals surface area contributed by atoms with E-state index in [1.165, 1.54) is 23.4 Å². The number of carbonyl (C=O) groups is 1. The standard InChI is InChI=1S/C19H21N7O3S/c1-10(2)8-25-15(20)14(16(28)24(3)19(25)29)13(27)9-30-18-23-22-17-21-11-6-4-5-7-12(11)26(17)18/h4-7,10H,8-9,20H2,1-3H3,(H,21,22). The van der Waals surface area contributed by atoms with Gasteiger partial charge in [0.15, 0.2) is 10.9 Å². The van der Waals surface area contributed by atoms with Gasteiger partial charge in [-0.05, 0) is 18.1 Å². The van der Waals surface area contributed by atoms with Gasteiger partial charge >= 0.3 is 5.69 Å². The summed E-state index contributed by atoms with van der Waals surface area (Å²) in [6.45, 7) is 4.16. The summed E-state index contributed by atoms with van der Waals surface area (Å²) in [7, 11) is 1.35. The van der Waals surface area contributed by atoms with Gasteiger partial charge in [-0.2, -0.15) is 0 Å². The summed E-state index contributed by atoms with van der Waals surface area (Å²) in [6.07, 6.45) is 0. The number of aromatic amines is 1. The topological polar surface area (TPSA) is 133 Å². The first-order valence-electron chi connectivity index (χ1n) is 9.36. The van der Waals surface area contributed by atoms with E-state index in [-0.39, 0.29) is 23.1 Å². The number of H-pyrrole nitrogens is 1. The van der Waals surface area contributed by atoms with E-state index < -0.39 is 17.0 Å². The summed E-state index contributed by atoms with van der Waals surface area (Å²) in [6, 6.07) is 7.58. The van der Waals surface area contributed by atoms with Crippen molar-refractivity contribution in [3.63, 3.8) is 0 Å². The van der Waals surface area contributed by atoms with Crippen LogP contribution in [-0.4, -0.2) is 40.3 Å². The second kappa shape index (κ2) is 7.48. The second-order valence-electron chi connectivity index (χ2n) is 7.39. The van der Waals surface area contributed by atoms with Crippen LogP contribution in [0.4, 0.5) is 5.82 Å². The van der Waals surface area contributed by atoms with Crippen molar-refractivity contribution in [2.45, 2.75) is 25.5 Å². The normalized spacial score (nSPS) is 11.7. The Bertz CT molecular complexity index is 1390. The summed E-state index contributed by atoms with van der Waals surface area (Å²) in [4.78, 5) is 42.4. The fourth-order valence-electron chi connectivity index (χ4n) is 3.33. The van der Waals surface area contributed by atoms with Gasteiger partial charge in [0.1, 0.15) is 11.4 Å². The second-order valence-corrected chi connectivity index (χ2v) is 8.33. The van der Waals surface area contributed by atoms with Crippen molar-refractivity contribution in [2.24, 2.45) is 13.0 Å². The number of fused-ring (bicyclic) bond motifs is 3. The fourth-order valence-corrected chi connectivity index (χ4v) is 4.16. The Labute approximate surface area is 174 Å². The molecule has 0 radical (unpaired) electrons. The van der Waals surface area contributed by atoms with Gasteiger partial charge in [0.25, 0.3) is 5.56 Å². The third-order valence-electron chi connectivity index (χ3n) is 4.75. The number of nitrogen functional groups attached to an aromatic ring is 1. The van der Waals surface area contributed by atoms with E-state index in [9.17, 15) is 14.4 Å². The number of aromatic nitrogens is 6. The highest BCUT2D eigenvalue weighted by Crippen LogP contribution is 2.23. The number of nitrogens with zero attached hydrogens (tertiary/aromatic N) is 5. The fraction of sp³-hybridized carbons (Fsp3) is 0.316. The molecule has 0 atom stereocenters. The van der Waals surface area contributed by atoms with Crippen molar-refractivity contribution in [1.29, 1.82) is 0 Å². The Morgan fingerprint density at radius 2 is 2.00 bits per heavy atom. The van der Waals surface area contributed by atoms with Gasteiger partial charge in [0.05, 0.1) is 16.8 Å². The Morgan fingerprint density at radius 3 is 2.73 bits per heavy atom. The van der Waals surface area contributed by atoms with Gasteiger partial charge in [-0.15, -0.1) is 5.10 Å². The van der Waals surface area contributed by atoms with E-state index >= 15 is 0 Å². The van der Waals surface area contributed by atoms with E-state index in [0.29, 0.717) is 17.5 Å². The van der Waals surface area contributed by atoms with Gasteiger partial charge in [0.2, 0.25) is 5.78 Å². The lowest BCUT2D eigenvalue weighted by atomic mass is 10.2. The van der Waals surface area contributed by atoms with Crippen LogP contribution in [0.3, 0.4) is 0 Å². The molecule has 0 unspecified atom stereocenters. The first-order chi connectivity index (χ1) is 14.3. The van der Waals surface area contributed by atoms with E-state index in [0.717, 1.165) is 15.6 Å². The van der Waals surface area contributed by atoms with Crippen molar-refractivity contribution in [3.8, 4) is 0 Å². The minimum atomic E-state index is -0.691. The molecule has 3 aromatic heterocycles. The predicted octanol–water partition coefficient (Wildman–Crippen LogP) is 1.28. The molecule has 1 aromatic carbocycles. The summed E-state index contributed by atoms with van der Waals surface area (Å²) < 4.78 is 4.02. The molecule has 0 fully saturated rings. The van der Waals surface area contributed by atoms with Crippen LogP contribution in [0.1, 0.15) is 24.2 Å². The molecular formula is C19H21N7O3S. The number of nitrogens with two attached hydrogens (primary N) is 1. The van der Waals surface area contributed by atoms with Crippen LogP contribution in [0.25, 0.3) is 16.8 Å². The lowest BCUT2D eigenvalue weighted by Gasteiger charge is -2.15. The average Bonchev–Trinajstić information content (AvgIpc) is 3.27. The molecule has 0 aliphatic carbocycles. The van der Waals surface area contributed by atoms with E-state index in [4.69, 9.17) is 5.73 Å². The largest absolute Gasteiger partial charge is 0.384 e. The maximum absolute atomic E-state index is 12.9. The van der Waals surface area contributed by atoms with Crippen molar-refractivity contribution in [1.82, 2.24) is 28.7 Å². The van der Waals surface area contributed by atoms with E-state index in [1.54, 1.807) is 0 Å². The minimum absolute atomic E-state index is 0.0637. The lowest BCUT2D eigenvalue weighted by Crippen LogP contribution is -2.43. The molecule has 3 heterocycles. The van der Waals surface area contributed by atoms with Crippen LogP contribution in [0.5, 0.6) is 0 Å². The number of anilines is 1. The predicted molar refractivity (Wildman–Crippen MR) is 115 cm³/mol. The van der Waals surface area contributed by atoms with Crippen LogP contribution >= 0.6 is 11.8 Å². The number of imidazole rings is 1. The first kappa shape index (κ1) is 20.0. The third-order valence-corrected chi connectivity index (χ3v) is 5.68. The van der Waals surface area contributed by atoms with Gasteiger partial charge in [-0.3, -0.25) is 23.1 Å². The molecule has 4 aromatic rings. The van der Waals surface area contributed by atoms with Gasteiger partial charge in [0, 0.05) is 13.6 Å². The molecule has 3 N–H and O–H groups in total. The monoisotopic (exact) mass is 427 g/mol. The number of rotatable bonds is 6. The first-order valence-corrected chi connectivity index (χ1v) is 10.3. The van der Waals surface area contributed by atoms with Gasteiger partial charge in [-0.25, -0.2) is 14.9 Å². The number of Topliss-reactive ketones (excluding diaryl/α,β-unsaturated/α-hetero) is 1. The smallest absolute Gasteiger partial charge is 0.332 e. The Morgan fingerprint density at radius 1 is 1.27 bits per heavy atom. The van der Waals surface area contributed by atoms with Crippen molar-refractivity contribution >= 4 is 40.2 Å². The quantitative estimate of drug-likeness (QED) is 0.350. The molecule has 0 amide bonds. The van der Waals surface area contributed by atoms with Crippen LogP contribution in [0.2, 0.25) is 0 Å². The Balaban J connectivity index is 1.68. The zero-order valence-electron chi connectivity index (χ0n) is 16.7. The van der Waals surface area contributed by atoms with Crippen LogP contribution in [0.15, 0.2) is 39.0 Å². The molecule has 10 nitrogen and oxygen atoms in total. The molecule has 11 heteroatoms. The summed E-state index contributed by atoms with van der Waals surface area (Å²) in [5, 5.41) is 7.61. The molecule has 4 rings (SSSR count). The van der Waals surface area contributed by atoms with Crippen LogP contribution < -0.4 is 17.0 Å². The molecule has 0 aliphatic heterocycles. The third kappa shape index (κ3) is 3.20. The number of carbonyl (C=O) groups excluding carboxylic acids is 1. The molecule has 0 bridgehead atoms. The molecule has 156 valence electrons. The average molecular weight is 427 g/mol. The number of thioether (sulfide) groups is 1. The summed E-state index contributed by atoms with van der Waals surface area (Å²) >= 11 is 1.17. The SMILES string of the molecule is CC(C)Cn1c(N)c(C(=O)CSc2n[nH]c3nc4ccccc4n23)c(=O)n(C)c1=O. The number of nitrogens with one attached hydrogen (secondary N) is 1. The van der Waals surface area contributed by atoms with Gasteiger partial charge in [-0.1, -0.05) is 37.7 Å². The lowest BCUT2D eigenvalue weighted by molar-refractivity contribution is 0.102. The number of para-hydroxylation sites is 2. The van der Waals surface area contributed by atoms with Crippen LogP contribution in [-0.2, 0) is 13.6 Å². The molecule has 0 aliphatic rings. The molecule has 30 heavy (non-hydrogen) atoms.